The van der Waals surface area contributed by atoms with Crippen molar-refractivity contribution in [1.82, 2.24) is 5.32 Å². The number of carbonyl (C=O) groups is 1. The molecule has 0 atom stereocenters. The third-order valence-electron chi connectivity index (χ3n) is 3.49. The molecule has 0 radical (unpaired) electrons. The Morgan fingerprint density at radius 2 is 1.88 bits per heavy atom. The Morgan fingerprint density at radius 1 is 1.08 bits per heavy atom. The molecule has 132 valence electrons. The van der Waals surface area contributed by atoms with E-state index >= 15 is 0 Å². The van der Waals surface area contributed by atoms with E-state index < -0.39 is 0 Å². The first-order valence-corrected chi connectivity index (χ1v) is 8.00. The van der Waals surface area contributed by atoms with Crippen LogP contribution in [0.2, 0.25) is 0 Å². The summed E-state index contributed by atoms with van der Waals surface area (Å²) in [5.41, 5.74) is 1.99. The first kappa shape index (κ1) is 18.4. The molecule has 5 heteroatoms. The van der Waals surface area contributed by atoms with E-state index in [2.05, 4.69) is 5.32 Å². The van der Waals surface area contributed by atoms with E-state index in [-0.39, 0.29) is 5.91 Å². The molecule has 0 unspecified atom stereocenters. The number of hydrogen-bond acceptors (Lipinski definition) is 4. The summed E-state index contributed by atoms with van der Waals surface area (Å²) in [7, 11) is 3.16. The Labute approximate surface area is 148 Å². The van der Waals surface area contributed by atoms with Crippen molar-refractivity contribution < 1.29 is 19.0 Å². The predicted molar refractivity (Wildman–Crippen MR) is 98.3 cm³/mol. The second-order valence-electron chi connectivity index (χ2n) is 5.40. The van der Waals surface area contributed by atoms with Gasteiger partial charge in [-0.2, -0.15) is 0 Å². The van der Waals surface area contributed by atoms with Crippen LogP contribution in [0.4, 0.5) is 0 Å². The molecule has 0 bridgehead atoms. The minimum Gasteiger partial charge on any atom is -0.493 e. The van der Waals surface area contributed by atoms with Crippen LogP contribution >= 0.6 is 0 Å². The Kier molecular flexibility index (Phi) is 6.89. The summed E-state index contributed by atoms with van der Waals surface area (Å²) >= 11 is 0. The van der Waals surface area contributed by atoms with Gasteiger partial charge in [-0.3, -0.25) is 4.79 Å². The number of amides is 1. The predicted octanol–water partition coefficient (Wildman–Crippen LogP) is 3.22. The van der Waals surface area contributed by atoms with E-state index in [1.807, 2.05) is 43.3 Å². The van der Waals surface area contributed by atoms with Crippen molar-refractivity contribution in [2.24, 2.45) is 0 Å². The fourth-order valence-corrected chi connectivity index (χ4v) is 2.24. The minimum atomic E-state index is -0.178. The molecule has 0 aliphatic carbocycles. The zero-order valence-electron chi connectivity index (χ0n) is 14.7. The van der Waals surface area contributed by atoms with Gasteiger partial charge in [0.15, 0.2) is 11.5 Å². The molecule has 0 spiro atoms. The van der Waals surface area contributed by atoms with Gasteiger partial charge in [-0.25, -0.2) is 0 Å². The van der Waals surface area contributed by atoms with Crippen molar-refractivity contribution in [1.29, 1.82) is 0 Å². The molecule has 5 nitrogen and oxygen atoms in total. The van der Waals surface area contributed by atoms with E-state index in [4.69, 9.17) is 14.2 Å². The average Bonchev–Trinajstić information content (AvgIpc) is 2.63. The third kappa shape index (κ3) is 5.88. The average molecular weight is 341 g/mol. The molecular formula is C20H23NO4. The van der Waals surface area contributed by atoms with E-state index in [1.54, 1.807) is 26.4 Å². The van der Waals surface area contributed by atoms with Gasteiger partial charge in [-0.05, 0) is 48.4 Å². The molecule has 2 aromatic rings. The number of methoxy groups -OCH3 is 2. The lowest BCUT2D eigenvalue weighted by atomic mass is 10.2. The SMILES string of the molecule is COc1ccc(/C=C/C(=O)NCCOc2cccc(C)c2)cc1OC. The molecule has 0 aliphatic rings. The number of carbonyl (C=O) groups excluding carboxylic acids is 1. The van der Waals surface area contributed by atoms with Crippen molar-refractivity contribution in [2.45, 2.75) is 6.92 Å². The second kappa shape index (κ2) is 9.37. The quantitative estimate of drug-likeness (QED) is 0.592. The Hall–Kier alpha value is -2.95. The summed E-state index contributed by atoms with van der Waals surface area (Å²) in [4.78, 5) is 11.8. The van der Waals surface area contributed by atoms with Crippen LogP contribution < -0.4 is 19.5 Å². The van der Waals surface area contributed by atoms with Crippen molar-refractivity contribution in [3.8, 4) is 17.2 Å². The third-order valence-corrected chi connectivity index (χ3v) is 3.49. The molecule has 0 saturated heterocycles. The van der Waals surface area contributed by atoms with Crippen molar-refractivity contribution in [2.75, 3.05) is 27.4 Å². The molecule has 25 heavy (non-hydrogen) atoms. The normalized spacial score (nSPS) is 10.5. The molecule has 2 aromatic carbocycles. The van der Waals surface area contributed by atoms with Crippen molar-refractivity contribution >= 4 is 12.0 Å². The van der Waals surface area contributed by atoms with Gasteiger partial charge in [-0.15, -0.1) is 0 Å². The molecule has 0 fully saturated rings. The molecule has 0 saturated carbocycles. The molecule has 1 N–H and O–H groups in total. The monoisotopic (exact) mass is 341 g/mol. The number of hydrogen-bond donors (Lipinski definition) is 1. The number of aryl methyl sites for hydroxylation is 1. The zero-order chi connectivity index (χ0) is 18.1. The Morgan fingerprint density at radius 3 is 2.60 bits per heavy atom. The summed E-state index contributed by atoms with van der Waals surface area (Å²) in [5, 5.41) is 2.78. The van der Waals surface area contributed by atoms with Gasteiger partial charge in [-0.1, -0.05) is 18.2 Å². The number of rotatable bonds is 8. The lowest BCUT2D eigenvalue weighted by molar-refractivity contribution is -0.116. The van der Waals surface area contributed by atoms with Crippen LogP contribution in [0.3, 0.4) is 0 Å². The van der Waals surface area contributed by atoms with Crippen LogP contribution in [0.5, 0.6) is 17.2 Å². The molecule has 0 heterocycles. The Balaban J connectivity index is 1.79. The molecule has 0 aliphatic heterocycles. The maximum absolute atomic E-state index is 11.8. The van der Waals surface area contributed by atoms with Gasteiger partial charge in [0.25, 0.3) is 0 Å². The topological polar surface area (TPSA) is 56.8 Å². The summed E-state index contributed by atoms with van der Waals surface area (Å²) in [6.07, 6.45) is 3.20. The molecule has 0 aromatic heterocycles. The smallest absolute Gasteiger partial charge is 0.244 e. The van der Waals surface area contributed by atoms with Gasteiger partial charge in [0.2, 0.25) is 5.91 Å². The summed E-state index contributed by atoms with van der Waals surface area (Å²) < 4.78 is 16.0. The number of benzene rings is 2. The van der Waals surface area contributed by atoms with Crippen molar-refractivity contribution in [3.05, 3.63) is 59.7 Å². The fourth-order valence-electron chi connectivity index (χ4n) is 2.24. The van der Waals surface area contributed by atoms with Crippen LogP contribution in [-0.4, -0.2) is 33.3 Å². The van der Waals surface area contributed by atoms with Crippen LogP contribution in [-0.2, 0) is 4.79 Å². The highest BCUT2D eigenvalue weighted by atomic mass is 16.5. The highest BCUT2D eigenvalue weighted by molar-refractivity contribution is 5.91. The van der Waals surface area contributed by atoms with Crippen LogP contribution in [0.25, 0.3) is 6.08 Å². The van der Waals surface area contributed by atoms with Gasteiger partial charge in [0, 0.05) is 6.08 Å². The van der Waals surface area contributed by atoms with Crippen LogP contribution in [0, 0.1) is 6.92 Å². The largest absolute Gasteiger partial charge is 0.493 e. The molecular weight excluding hydrogens is 318 g/mol. The van der Waals surface area contributed by atoms with Gasteiger partial charge in [0.05, 0.1) is 20.8 Å². The summed E-state index contributed by atoms with van der Waals surface area (Å²) in [6.45, 7) is 2.86. The van der Waals surface area contributed by atoms with Gasteiger partial charge >= 0.3 is 0 Å². The standard InChI is InChI=1S/C20H23NO4/c1-15-5-4-6-17(13-15)25-12-11-21-20(22)10-8-16-7-9-18(23-2)19(14-16)24-3/h4-10,13-14H,11-12H2,1-3H3,(H,21,22)/b10-8+. The number of ether oxygens (including phenoxy) is 3. The van der Waals surface area contributed by atoms with Gasteiger partial charge < -0.3 is 19.5 Å². The maximum atomic E-state index is 11.8. The van der Waals surface area contributed by atoms with Crippen LogP contribution in [0.15, 0.2) is 48.5 Å². The van der Waals surface area contributed by atoms with E-state index in [0.29, 0.717) is 24.7 Å². The van der Waals surface area contributed by atoms with E-state index in [9.17, 15) is 4.79 Å². The lowest BCUT2D eigenvalue weighted by Crippen LogP contribution is -2.26. The zero-order valence-corrected chi connectivity index (χ0v) is 14.7. The second-order valence-corrected chi connectivity index (χ2v) is 5.40. The Bertz CT molecular complexity index is 740. The molecule has 1 amide bonds. The first-order valence-electron chi connectivity index (χ1n) is 8.00. The number of nitrogens with one attached hydrogen (secondary N) is 1. The first-order chi connectivity index (χ1) is 12.1. The highest BCUT2D eigenvalue weighted by Crippen LogP contribution is 2.27. The maximum Gasteiger partial charge on any atom is 0.244 e. The lowest BCUT2D eigenvalue weighted by Gasteiger charge is -2.08. The minimum absolute atomic E-state index is 0.178. The van der Waals surface area contributed by atoms with Crippen LogP contribution in [0.1, 0.15) is 11.1 Å². The highest BCUT2D eigenvalue weighted by Gasteiger charge is 2.03. The van der Waals surface area contributed by atoms with Gasteiger partial charge in [0.1, 0.15) is 12.4 Å². The summed E-state index contributed by atoms with van der Waals surface area (Å²) in [5.74, 6) is 1.90. The van der Waals surface area contributed by atoms with E-state index in [1.165, 1.54) is 6.08 Å². The van der Waals surface area contributed by atoms with E-state index in [0.717, 1.165) is 16.9 Å². The fraction of sp³-hybridized carbons (Fsp3) is 0.250. The summed E-state index contributed by atoms with van der Waals surface area (Å²) in [6, 6.07) is 13.3. The van der Waals surface area contributed by atoms with Crippen molar-refractivity contribution in [3.63, 3.8) is 0 Å². The molecule has 2 rings (SSSR count).